The van der Waals surface area contributed by atoms with Gasteiger partial charge in [0.05, 0.1) is 24.1 Å². The molecule has 0 radical (unpaired) electrons. The maximum Gasteiger partial charge on any atom is 0.423 e. The molecule has 3 unspecified atom stereocenters. The summed E-state index contributed by atoms with van der Waals surface area (Å²) in [6.45, 7) is 2.72. The summed E-state index contributed by atoms with van der Waals surface area (Å²) < 4.78 is 45.7. The van der Waals surface area contributed by atoms with Gasteiger partial charge in [-0.25, -0.2) is 14.8 Å². The van der Waals surface area contributed by atoms with E-state index in [2.05, 4.69) is 31.2 Å². The second-order valence-electron chi connectivity index (χ2n) is 14.4. The number of hydrogen-bond donors (Lipinski definition) is 7. The summed E-state index contributed by atoms with van der Waals surface area (Å²) in [5.41, 5.74) is 9.67. The first-order valence-corrected chi connectivity index (χ1v) is 20.1. The van der Waals surface area contributed by atoms with Crippen LogP contribution in [0.4, 0.5) is 19.0 Å². The summed E-state index contributed by atoms with van der Waals surface area (Å²) in [7, 11) is 5.24. The second kappa shape index (κ2) is 19.8. The number of nitrogens with two attached hydrogens (primary N) is 2. The topological polar surface area (TPSA) is 205 Å². The average molecular weight is 815 g/mol. The standard InChI is InChI=1S/C39H53F3N10O4S/c1-45-29-22-57-30(34(29)48-23-53)11-4-5-12-32(54)46-15-7-17-52(2)18-8-16-47-35-33-27-14-13-25(37(55)56-3)21-28(27)49-36(33)51-31(50-35)20-24-9-6-10-26(19-24)38(43,44)39(40,41)42/h6,9-10,13-14,19,21,23,29-30,34,45H,4-5,7-8,11-12,15-18,20,22,43-44H2,1-3H3,(H,46,54)(H,48,53)(H2,47,49,50,51). The van der Waals surface area contributed by atoms with Crippen LogP contribution in [0.3, 0.4) is 0 Å². The highest BCUT2D eigenvalue weighted by Crippen LogP contribution is 2.34. The maximum atomic E-state index is 13.6. The molecule has 2 amide bonds. The zero-order chi connectivity index (χ0) is 41.2. The molecule has 18 heteroatoms. The third-order valence-corrected chi connectivity index (χ3v) is 11.8. The molecule has 1 saturated heterocycles. The summed E-state index contributed by atoms with van der Waals surface area (Å²) in [6.07, 6.45) is 0.758. The molecule has 2 aromatic heterocycles. The number of aromatic amines is 1. The van der Waals surface area contributed by atoms with Crippen molar-refractivity contribution in [2.75, 3.05) is 58.5 Å². The number of rotatable bonds is 21. The van der Waals surface area contributed by atoms with Gasteiger partial charge >= 0.3 is 12.1 Å². The smallest absolute Gasteiger partial charge is 0.423 e. The van der Waals surface area contributed by atoms with E-state index in [4.69, 9.17) is 26.2 Å². The molecule has 1 fully saturated rings. The van der Waals surface area contributed by atoms with E-state index in [-0.39, 0.29) is 30.0 Å². The Kier molecular flexibility index (Phi) is 15.1. The number of esters is 1. The Bertz CT molecular complexity index is 2000. The van der Waals surface area contributed by atoms with E-state index in [0.29, 0.717) is 64.1 Å². The predicted molar refractivity (Wildman–Crippen MR) is 217 cm³/mol. The molecule has 9 N–H and O–H groups in total. The molecule has 0 spiro atoms. The van der Waals surface area contributed by atoms with Crippen LogP contribution in [-0.2, 0) is 26.4 Å². The van der Waals surface area contributed by atoms with Crippen LogP contribution < -0.4 is 32.7 Å². The van der Waals surface area contributed by atoms with Gasteiger partial charge in [0.15, 0.2) is 5.66 Å². The Balaban J connectivity index is 1.13. The number of anilines is 1. The van der Waals surface area contributed by atoms with Crippen LogP contribution in [-0.4, -0.2) is 115 Å². The van der Waals surface area contributed by atoms with Crippen molar-refractivity contribution >= 4 is 57.8 Å². The summed E-state index contributed by atoms with van der Waals surface area (Å²) in [5, 5.41) is 14.5. The first kappa shape index (κ1) is 43.6. The van der Waals surface area contributed by atoms with E-state index in [1.165, 1.54) is 25.3 Å². The number of alkyl halides is 3. The highest BCUT2D eigenvalue weighted by atomic mass is 32.2. The lowest BCUT2D eigenvalue weighted by Gasteiger charge is -2.28. The minimum absolute atomic E-state index is 0.0480. The Morgan fingerprint density at radius 1 is 1.07 bits per heavy atom. The number of hydrogen-bond acceptors (Lipinski definition) is 12. The number of ether oxygens (including phenoxy) is 1. The lowest BCUT2D eigenvalue weighted by Crippen LogP contribution is -2.57. The number of H-pyrrole nitrogens is 1. The van der Waals surface area contributed by atoms with E-state index in [1.807, 2.05) is 25.9 Å². The van der Waals surface area contributed by atoms with Crippen LogP contribution in [0.1, 0.15) is 65.8 Å². The number of fused-ring (bicyclic) bond motifs is 3. The number of amides is 2. The van der Waals surface area contributed by atoms with Crippen molar-refractivity contribution in [3.05, 3.63) is 65.0 Å². The molecule has 1 aliphatic rings. The summed E-state index contributed by atoms with van der Waals surface area (Å²) in [5.74, 6) is 1.41. The molecule has 3 atom stereocenters. The number of nitrogens with one attached hydrogen (secondary N) is 5. The zero-order valence-corrected chi connectivity index (χ0v) is 33.3. The molecule has 0 saturated carbocycles. The van der Waals surface area contributed by atoms with Crippen LogP contribution in [0, 0.1) is 0 Å². The van der Waals surface area contributed by atoms with Crippen LogP contribution in [0.2, 0.25) is 0 Å². The minimum Gasteiger partial charge on any atom is -0.465 e. The van der Waals surface area contributed by atoms with Gasteiger partial charge in [-0.05, 0) is 76.1 Å². The highest BCUT2D eigenvalue weighted by Gasteiger charge is 2.50. The molecular formula is C39H53F3N10O4S. The predicted octanol–water partition coefficient (Wildman–Crippen LogP) is 3.74. The average Bonchev–Trinajstić information content (AvgIpc) is 3.76. The van der Waals surface area contributed by atoms with Gasteiger partial charge in [0, 0.05) is 53.9 Å². The quantitative estimate of drug-likeness (QED) is 0.0278. The Morgan fingerprint density at radius 2 is 1.84 bits per heavy atom. The summed E-state index contributed by atoms with van der Waals surface area (Å²) >= 11 is 1.87. The van der Waals surface area contributed by atoms with Crippen LogP contribution in [0.25, 0.3) is 21.9 Å². The fourth-order valence-corrected chi connectivity index (χ4v) is 8.71. The van der Waals surface area contributed by atoms with Crippen molar-refractivity contribution in [3.63, 3.8) is 0 Å². The Hall–Kier alpha value is -4.49. The second-order valence-corrected chi connectivity index (χ2v) is 15.7. The number of likely N-dealkylation sites (N-methyl/N-ethyl adjacent to an activating group) is 1. The summed E-state index contributed by atoms with van der Waals surface area (Å²) in [6, 6.07) is 11.2. The van der Waals surface area contributed by atoms with Gasteiger partial charge in [-0.15, -0.1) is 0 Å². The third-order valence-electron chi connectivity index (χ3n) is 10.3. The van der Waals surface area contributed by atoms with Crippen LogP contribution >= 0.6 is 11.8 Å². The number of benzene rings is 2. The monoisotopic (exact) mass is 814 g/mol. The van der Waals surface area contributed by atoms with Crippen molar-refractivity contribution in [3.8, 4) is 0 Å². The van der Waals surface area contributed by atoms with Gasteiger partial charge in [0.1, 0.15) is 17.3 Å². The molecule has 4 aromatic rings. The minimum atomic E-state index is -4.86. The summed E-state index contributed by atoms with van der Waals surface area (Å²) in [4.78, 5) is 50.6. The fraction of sp³-hybridized carbons (Fsp3) is 0.513. The van der Waals surface area contributed by atoms with E-state index in [9.17, 15) is 27.6 Å². The number of carbonyl (C=O) groups is 3. The molecule has 0 bridgehead atoms. The first-order chi connectivity index (χ1) is 27.2. The molecule has 3 heterocycles. The van der Waals surface area contributed by atoms with Crippen molar-refractivity contribution in [1.29, 1.82) is 0 Å². The SMILES string of the molecule is CNC1CSC(CCCCC(=O)NCCCN(C)CCCNc2nc(Cc3cccc(C(N)(N)C(F)(F)F)c3)nc3[nH]c4cc(C(=O)OC)ccc4c23)C1NC=O. The molecule has 57 heavy (non-hydrogen) atoms. The van der Waals surface area contributed by atoms with Gasteiger partial charge in [-0.3, -0.25) is 9.59 Å². The van der Waals surface area contributed by atoms with Crippen molar-refractivity contribution in [2.24, 2.45) is 11.5 Å². The van der Waals surface area contributed by atoms with Gasteiger partial charge in [0.25, 0.3) is 0 Å². The first-order valence-electron chi connectivity index (χ1n) is 19.1. The number of halogens is 3. The van der Waals surface area contributed by atoms with E-state index < -0.39 is 17.8 Å². The maximum absolute atomic E-state index is 13.6. The van der Waals surface area contributed by atoms with Crippen molar-refractivity contribution < 1.29 is 32.3 Å². The van der Waals surface area contributed by atoms with Crippen molar-refractivity contribution in [2.45, 2.75) is 74.1 Å². The molecule has 310 valence electrons. The van der Waals surface area contributed by atoms with Crippen LogP contribution in [0.15, 0.2) is 42.5 Å². The lowest BCUT2D eigenvalue weighted by molar-refractivity contribution is -0.188. The number of methoxy groups -OCH3 is 1. The number of carbonyl (C=O) groups excluding carboxylic acids is 3. The molecule has 14 nitrogen and oxygen atoms in total. The zero-order valence-electron chi connectivity index (χ0n) is 32.5. The number of thioether (sulfide) groups is 1. The third kappa shape index (κ3) is 11.1. The van der Waals surface area contributed by atoms with E-state index in [1.54, 1.807) is 24.3 Å². The van der Waals surface area contributed by atoms with Gasteiger partial charge in [-0.1, -0.05) is 36.8 Å². The number of aromatic nitrogens is 3. The van der Waals surface area contributed by atoms with Crippen LogP contribution in [0.5, 0.6) is 0 Å². The van der Waals surface area contributed by atoms with Gasteiger partial charge in [0.2, 0.25) is 12.3 Å². The molecule has 0 aliphatic carbocycles. The van der Waals surface area contributed by atoms with Gasteiger partial charge in [-0.2, -0.15) is 24.9 Å². The lowest BCUT2D eigenvalue weighted by atomic mass is 9.97. The normalized spacial score (nSPS) is 17.3. The van der Waals surface area contributed by atoms with E-state index in [0.717, 1.165) is 62.7 Å². The molecule has 5 rings (SSSR count). The van der Waals surface area contributed by atoms with E-state index >= 15 is 0 Å². The molecule has 2 aromatic carbocycles. The number of unbranched alkanes of at least 4 members (excludes halogenated alkanes) is 1. The Morgan fingerprint density at radius 3 is 2.56 bits per heavy atom. The Labute approximate surface area is 334 Å². The molecule has 1 aliphatic heterocycles. The van der Waals surface area contributed by atoms with Gasteiger partial charge < -0.3 is 47.4 Å². The molecular weight excluding hydrogens is 762 g/mol. The highest BCUT2D eigenvalue weighted by molar-refractivity contribution is 8.00. The largest absolute Gasteiger partial charge is 0.465 e. The van der Waals surface area contributed by atoms with Crippen molar-refractivity contribution in [1.82, 2.24) is 35.8 Å². The number of nitrogens with zero attached hydrogens (tertiary/aromatic N) is 3. The fourth-order valence-electron chi connectivity index (χ4n) is 7.07.